The quantitative estimate of drug-likeness (QED) is 0.377. The summed E-state index contributed by atoms with van der Waals surface area (Å²) in [6, 6.07) is 8.80. The van der Waals surface area contributed by atoms with Crippen LogP contribution in [0.4, 0.5) is 9.18 Å². The van der Waals surface area contributed by atoms with Crippen LogP contribution in [-0.2, 0) is 17.8 Å². The number of rotatable bonds is 10. The van der Waals surface area contributed by atoms with Crippen molar-refractivity contribution in [2.75, 3.05) is 45.9 Å². The summed E-state index contributed by atoms with van der Waals surface area (Å²) in [5.41, 5.74) is 1.09. The van der Waals surface area contributed by atoms with Crippen LogP contribution >= 0.6 is 23.2 Å². The maximum absolute atomic E-state index is 13.4. The molecule has 0 radical (unpaired) electrons. The normalized spacial score (nSPS) is 15.5. The van der Waals surface area contributed by atoms with Crippen LogP contribution in [0.3, 0.4) is 0 Å². The average Bonchev–Trinajstić information content (AvgIpc) is 2.90. The van der Waals surface area contributed by atoms with Crippen molar-refractivity contribution in [3.8, 4) is 0 Å². The topological polar surface area (TPSA) is 94.1 Å². The molecule has 2 aromatic carbocycles. The van der Waals surface area contributed by atoms with E-state index in [-0.39, 0.29) is 12.6 Å². The second-order valence-electron chi connectivity index (χ2n) is 8.78. The zero-order valence-electron chi connectivity index (χ0n) is 22.1. The van der Waals surface area contributed by atoms with Gasteiger partial charge in [-0.05, 0) is 55.0 Å². The number of morpholine rings is 1. The minimum absolute atomic E-state index is 0.0708. The van der Waals surface area contributed by atoms with Crippen molar-refractivity contribution in [1.29, 1.82) is 0 Å². The number of carbonyl (C=O) groups excluding carboxylic acids is 1. The first-order valence-electron chi connectivity index (χ1n) is 12.7. The van der Waals surface area contributed by atoms with E-state index in [1.54, 1.807) is 6.07 Å². The van der Waals surface area contributed by atoms with Crippen LogP contribution in [0.15, 0.2) is 36.4 Å². The molecule has 1 aliphatic rings. The summed E-state index contributed by atoms with van der Waals surface area (Å²) in [5.74, 6) is -2.18. The van der Waals surface area contributed by atoms with Crippen LogP contribution in [0.5, 0.6) is 0 Å². The molecule has 3 rings (SSSR count). The Morgan fingerprint density at radius 3 is 2.34 bits per heavy atom. The number of nitrogens with one attached hydrogen (secondary N) is 2. The number of amides is 2. The maximum Gasteiger partial charge on any atom is 0.338 e. The van der Waals surface area contributed by atoms with E-state index in [0.717, 1.165) is 18.2 Å². The maximum atomic E-state index is 13.4. The summed E-state index contributed by atoms with van der Waals surface area (Å²) < 4.78 is 19.2. The second kappa shape index (κ2) is 16.5. The first kappa shape index (κ1) is 31.8. The first-order valence-corrected chi connectivity index (χ1v) is 13.5. The highest BCUT2D eigenvalue weighted by Gasteiger charge is 2.21. The molecule has 0 unspecified atom stereocenters. The lowest BCUT2D eigenvalue weighted by Gasteiger charge is -2.33. The number of carboxylic acids is 1. The Hall–Kier alpha value is -2.43. The van der Waals surface area contributed by atoms with Crippen LogP contribution in [0.1, 0.15) is 42.3 Å². The number of hydrogen-bond acceptors (Lipinski definition) is 5. The third-order valence-electron chi connectivity index (χ3n) is 6.16. The Bertz CT molecular complexity index is 1050. The Morgan fingerprint density at radius 1 is 1.05 bits per heavy atom. The van der Waals surface area contributed by atoms with Crippen LogP contribution < -0.4 is 10.6 Å². The molecule has 2 aromatic rings. The van der Waals surface area contributed by atoms with Crippen molar-refractivity contribution in [3.63, 3.8) is 0 Å². The number of aromatic carboxylic acids is 1. The molecule has 1 fully saturated rings. The monoisotopic (exact) mass is 570 g/mol. The van der Waals surface area contributed by atoms with Gasteiger partial charge in [0.2, 0.25) is 0 Å². The zero-order chi connectivity index (χ0) is 28.1. The fraction of sp³-hybridized carbons (Fsp3) is 0.481. The summed E-state index contributed by atoms with van der Waals surface area (Å²) in [4.78, 5) is 27.7. The number of ether oxygens (including phenoxy) is 1. The number of carboxylic acid groups (broad SMARTS) is 1. The zero-order valence-corrected chi connectivity index (χ0v) is 23.6. The minimum Gasteiger partial charge on any atom is -0.478 e. The molecule has 0 bridgehead atoms. The first-order chi connectivity index (χ1) is 18.2. The van der Waals surface area contributed by atoms with E-state index in [1.807, 2.05) is 12.1 Å². The predicted octanol–water partition coefficient (Wildman–Crippen LogP) is 4.88. The molecule has 11 heteroatoms. The number of halogens is 3. The predicted molar refractivity (Wildman–Crippen MR) is 149 cm³/mol. The largest absolute Gasteiger partial charge is 0.478 e. The SMILES string of the molecule is CCN(CC)CC.O=C(NCc1ccc(F)c(C(=O)O)c1)NC[C@H]1CN(Cc2ccc(Cl)c(Cl)c2)CCO1. The molecule has 8 nitrogen and oxygen atoms in total. The van der Waals surface area contributed by atoms with Gasteiger partial charge >= 0.3 is 12.0 Å². The average molecular weight is 572 g/mol. The smallest absolute Gasteiger partial charge is 0.338 e. The van der Waals surface area contributed by atoms with Crippen LogP contribution in [-0.4, -0.2) is 78.9 Å². The molecule has 1 saturated heterocycles. The van der Waals surface area contributed by atoms with Crippen molar-refractivity contribution < 1.29 is 23.8 Å². The fourth-order valence-electron chi connectivity index (χ4n) is 3.91. The number of hydrogen-bond donors (Lipinski definition) is 3. The lowest BCUT2D eigenvalue weighted by atomic mass is 10.1. The Labute approximate surface area is 234 Å². The van der Waals surface area contributed by atoms with Gasteiger partial charge in [0, 0.05) is 32.7 Å². The highest BCUT2D eigenvalue weighted by Crippen LogP contribution is 2.23. The van der Waals surface area contributed by atoms with Crippen molar-refractivity contribution in [1.82, 2.24) is 20.4 Å². The highest BCUT2D eigenvalue weighted by atomic mass is 35.5. The summed E-state index contributed by atoms with van der Waals surface area (Å²) in [5, 5.41) is 15.4. The van der Waals surface area contributed by atoms with Crippen LogP contribution in [0.25, 0.3) is 0 Å². The second-order valence-corrected chi connectivity index (χ2v) is 9.59. The summed E-state index contributed by atoms with van der Waals surface area (Å²) in [6.07, 6.45) is -0.174. The number of nitrogens with zero attached hydrogens (tertiary/aromatic N) is 2. The molecule has 0 saturated carbocycles. The van der Waals surface area contributed by atoms with Crippen molar-refractivity contribution in [3.05, 3.63) is 69.0 Å². The number of carbonyl (C=O) groups is 2. The standard InChI is InChI=1S/C21H22Cl2FN3O4.C6H15N/c22-17-3-1-14(8-18(17)23)11-27-5-6-31-15(12-27)10-26-21(30)25-9-13-2-4-19(24)16(7-13)20(28)29;1-4-7(5-2)6-3/h1-4,7-8,15H,5-6,9-12H2,(H,28,29)(H2,25,26,30);4-6H2,1-3H3/t15-;/m0./s1. The van der Waals surface area contributed by atoms with Crippen LogP contribution in [0, 0.1) is 5.82 Å². The summed E-state index contributed by atoms with van der Waals surface area (Å²) in [7, 11) is 0. The van der Waals surface area contributed by atoms with Crippen molar-refractivity contribution in [2.45, 2.75) is 40.0 Å². The van der Waals surface area contributed by atoms with Gasteiger partial charge in [0.1, 0.15) is 5.82 Å². The third kappa shape index (κ3) is 10.7. The molecule has 3 N–H and O–H groups in total. The Balaban J connectivity index is 0.000000638. The van der Waals surface area contributed by atoms with Gasteiger partial charge in [0.05, 0.1) is 28.3 Å². The third-order valence-corrected chi connectivity index (χ3v) is 6.90. The lowest BCUT2D eigenvalue weighted by molar-refractivity contribution is -0.0287. The molecule has 1 heterocycles. The molecule has 2 amide bonds. The van der Waals surface area contributed by atoms with E-state index >= 15 is 0 Å². The molecular weight excluding hydrogens is 534 g/mol. The van der Waals surface area contributed by atoms with Gasteiger partial charge in [-0.15, -0.1) is 0 Å². The minimum atomic E-state index is -1.36. The highest BCUT2D eigenvalue weighted by molar-refractivity contribution is 6.42. The van der Waals surface area contributed by atoms with Crippen molar-refractivity contribution >= 4 is 35.2 Å². The Morgan fingerprint density at radius 2 is 1.74 bits per heavy atom. The molecule has 210 valence electrons. The number of benzene rings is 2. The van der Waals surface area contributed by atoms with Gasteiger partial charge in [-0.3, -0.25) is 4.90 Å². The van der Waals surface area contributed by atoms with E-state index < -0.39 is 23.4 Å². The Kier molecular flexibility index (Phi) is 13.8. The van der Waals surface area contributed by atoms with E-state index in [2.05, 4.69) is 41.2 Å². The van der Waals surface area contributed by atoms with Gasteiger partial charge in [0.15, 0.2) is 0 Å². The van der Waals surface area contributed by atoms with E-state index in [1.165, 1.54) is 31.8 Å². The number of urea groups is 1. The van der Waals surface area contributed by atoms with Gasteiger partial charge in [0.25, 0.3) is 0 Å². The lowest BCUT2D eigenvalue weighted by Crippen LogP contribution is -2.48. The molecular formula is C27H37Cl2FN4O4. The molecule has 0 aromatic heterocycles. The molecule has 38 heavy (non-hydrogen) atoms. The van der Waals surface area contributed by atoms with Gasteiger partial charge in [-0.25, -0.2) is 14.0 Å². The van der Waals surface area contributed by atoms with Gasteiger partial charge in [-0.2, -0.15) is 0 Å². The van der Waals surface area contributed by atoms with Gasteiger partial charge < -0.3 is 25.4 Å². The van der Waals surface area contributed by atoms with Gasteiger partial charge in [-0.1, -0.05) is 56.1 Å². The summed E-state index contributed by atoms with van der Waals surface area (Å²) >= 11 is 12.0. The molecule has 0 aliphatic carbocycles. The molecule has 0 spiro atoms. The summed E-state index contributed by atoms with van der Waals surface area (Å²) in [6.45, 7) is 13.1. The van der Waals surface area contributed by atoms with Crippen molar-refractivity contribution in [2.24, 2.45) is 0 Å². The fourth-order valence-corrected chi connectivity index (χ4v) is 4.23. The molecule has 1 atom stereocenters. The van der Waals surface area contributed by atoms with E-state index in [4.69, 9.17) is 33.0 Å². The van der Waals surface area contributed by atoms with Crippen LogP contribution in [0.2, 0.25) is 10.0 Å². The van der Waals surface area contributed by atoms with E-state index in [9.17, 15) is 14.0 Å². The van der Waals surface area contributed by atoms with E-state index in [0.29, 0.717) is 41.8 Å². The molecule has 1 aliphatic heterocycles.